The number of halogens is 1. The molecule has 1 saturated heterocycles. The Morgan fingerprint density at radius 1 is 1.18 bits per heavy atom. The summed E-state index contributed by atoms with van der Waals surface area (Å²) >= 11 is 0. The maximum atomic E-state index is 17.7. The zero-order valence-electron chi connectivity index (χ0n) is 35.8. The average molecular weight is 899 g/mol. The van der Waals surface area contributed by atoms with Crippen LogP contribution in [0.4, 0.5) is 9.18 Å². The van der Waals surface area contributed by atoms with Gasteiger partial charge in [-0.3, -0.25) is 33.0 Å². The molecule has 13 atom stereocenters. The summed E-state index contributed by atoms with van der Waals surface area (Å²) in [5, 5.41) is 26.1. The molecule has 21 heteroatoms. The Balaban J connectivity index is 1.27. The summed E-state index contributed by atoms with van der Waals surface area (Å²) in [4.78, 5) is 77.6. The largest absolute Gasteiger partial charge is 0.473 e. The van der Waals surface area contributed by atoms with Gasteiger partial charge in [-0.1, -0.05) is 46.3 Å². The van der Waals surface area contributed by atoms with Crippen molar-refractivity contribution >= 4 is 33.8 Å². The molecule has 1 aromatic rings. The molecule has 18 nitrogen and oxygen atoms in total. The van der Waals surface area contributed by atoms with Crippen molar-refractivity contribution in [1.82, 2.24) is 14.9 Å². The van der Waals surface area contributed by atoms with Crippen LogP contribution in [-0.4, -0.2) is 113 Å². The number of nitrogens with two attached hydrogens (primary N) is 1. The van der Waals surface area contributed by atoms with E-state index in [1.165, 1.54) is 18.2 Å². The van der Waals surface area contributed by atoms with Crippen molar-refractivity contribution in [2.24, 2.45) is 34.3 Å². The van der Waals surface area contributed by atoms with Crippen LogP contribution in [0.3, 0.4) is 0 Å². The average Bonchev–Trinajstić information content (AvgIpc) is 3.58. The Labute approximate surface area is 354 Å². The van der Waals surface area contributed by atoms with Crippen molar-refractivity contribution < 1.29 is 61.4 Å². The molecule has 7 N–H and O–H groups in total. The molecule has 3 saturated carbocycles. The topological polar surface area (TPSA) is 268 Å². The van der Waals surface area contributed by atoms with Crippen molar-refractivity contribution in [3.05, 3.63) is 56.9 Å². The molecule has 4 fully saturated rings. The van der Waals surface area contributed by atoms with E-state index >= 15 is 4.39 Å². The van der Waals surface area contributed by atoms with Crippen molar-refractivity contribution in [2.75, 3.05) is 26.3 Å². The highest BCUT2D eigenvalue weighted by Gasteiger charge is 2.75. The minimum Gasteiger partial charge on any atom is -0.447 e. The van der Waals surface area contributed by atoms with Gasteiger partial charge in [-0.05, 0) is 74.7 Å². The van der Waals surface area contributed by atoms with Gasteiger partial charge in [0.15, 0.2) is 31.8 Å². The first kappa shape index (κ1) is 47.3. The molecule has 0 spiro atoms. The molecule has 0 aromatic carbocycles. The molecule has 1 aliphatic heterocycles. The molecular formula is C40H60FN4O14PSi. The normalized spacial score (nSPS) is 38.2. The van der Waals surface area contributed by atoms with Gasteiger partial charge in [0.2, 0.25) is 0 Å². The number of nitrogens with zero attached hydrogens (tertiary/aromatic N) is 1. The third-order valence-corrected chi connectivity index (χ3v) is 20.1. The van der Waals surface area contributed by atoms with Crippen molar-refractivity contribution in [1.29, 1.82) is 0 Å². The number of aliphatic hydroxyl groups excluding tert-OH is 1. The number of ketones is 2. The van der Waals surface area contributed by atoms with Crippen LogP contribution in [0.25, 0.3) is 0 Å². The van der Waals surface area contributed by atoms with Crippen molar-refractivity contribution in [3.63, 3.8) is 0 Å². The van der Waals surface area contributed by atoms with Crippen LogP contribution in [0.2, 0.25) is 18.1 Å². The molecule has 0 bridgehead atoms. The Kier molecular flexibility index (Phi) is 12.7. The highest BCUT2D eigenvalue weighted by atomic mass is 31.2. The molecule has 5 aliphatic rings. The Morgan fingerprint density at radius 3 is 2.51 bits per heavy atom. The molecule has 6 rings (SSSR count). The zero-order chi connectivity index (χ0) is 45.3. The van der Waals surface area contributed by atoms with Crippen molar-refractivity contribution in [3.8, 4) is 0 Å². The smallest absolute Gasteiger partial charge is 0.447 e. The van der Waals surface area contributed by atoms with Crippen LogP contribution in [-0.2, 0) is 37.1 Å². The summed E-state index contributed by atoms with van der Waals surface area (Å²) in [5.74, 6) is -3.46. The second kappa shape index (κ2) is 16.4. The van der Waals surface area contributed by atoms with Crippen LogP contribution >= 0.6 is 7.82 Å². The number of amides is 1. The number of aromatic nitrogens is 2. The summed E-state index contributed by atoms with van der Waals surface area (Å²) in [6, 6.07) is 1.07. The number of nitrogens with one attached hydrogen (secondary N) is 2. The predicted octanol–water partition coefficient (Wildman–Crippen LogP) is 2.93. The summed E-state index contributed by atoms with van der Waals surface area (Å²) in [6.45, 7) is 12.9. The Morgan fingerprint density at radius 2 is 1.87 bits per heavy atom. The molecule has 2 heterocycles. The van der Waals surface area contributed by atoms with Crippen LogP contribution in [0.1, 0.15) is 73.5 Å². The minimum absolute atomic E-state index is 0.0701. The SMILES string of the molecule is C[C@@H]1C[C@H]2[C@@H]3CCC4=CC(=O)C=C[C@]4(C)[C@@]3(F)[C@@H](O)C[C@]2(C)[C@@]1(O)C(=O)COP(=O)(O)O[C@@H]1C(O[Si](C)(C)C(C)(C)C)[C@H](n2ccc(=O)[nH]c2=O)O[C@@H]1COC(=O)NCCN. The first-order valence-corrected chi connectivity index (χ1v) is 25.1. The third-order valence-electron chi connectivity index (χ3n) is 14.7. The molecule has 61 heavy (non-hydrogen) atoms. The summed E-state index contributed by atoms with van der Waals surface area (Å²) < 4.78 is 62.0. The number of allylic oxidation sites excluding steroid dienone is 4. The lowest BCUT2D eigenvalue weighted by molar-refractivity contribution is -0.219. The number of Topliss-reactive ketones (excluding diaryl/α,β-unsaturated/α-hetero) is 1. The monoisotopic (exact) mass is 898 g/mol. The Hall–Kier alpha value is -3.17. The van der Waals surface area contributed by atoms with Gasteiger partial charge in [0.1, 0.15) is 37.1 Å². The van der Waals surface area contributed by atoms with Gasteiger partial charge in [0.05, 0.1) is 6.10 Å². The molecule has 1 amide bonds. The lowest BCUT2D eigenvalue weighted by Gasteiger charge is -2.62. The van der Waals surface area contributed by atoms with Gasteiger partial charge in [0.25, 0.3) is 5.56 Å². The number of phosphoric acid groups is 1. The summed E-state index contributed by atoms with van der Waals surface area (Å²) in [6.07, 6.45) is -2.42. The molecule has 340 valence electrons. The number of ether oxygens (including phenoxy) is 2. The predicted molar refractivity (Wildman–Crippen MR) is 219 cm³/mol. The van der Waals surface area contributed by atoms with Crippen LogP contribution in [0.15, 0.2) is 45.7 Å². The van der Waals surface area contributed by atoms with Crippen molar-refractivity contribution in [2.45, 2.75) is 127 Å². The zero-order valence-corrected chi connectivity index (χ0v) is 37.7. The number of carbonyl (C=O) groups is 3. The quantitative estimate of drug-likeness (QED) is 0.123. The van der Waals surface area contributed by atoms with E-state index in [-0.39, 0.29) is 38.1 Å². The lowest BCUT2D eigenvalue weighted by Crippen LogP contribution is -2.69. The fourth-order valence-corrected chi connectivity index (χ4v) is 12.6. The highest BCUT2D eigenvalue weighted by molar-refractivity contribution is 7.47. The molecular weight excluding hydrogens is 839 g/mol. The molecule has 1 aromatic heterocycles. The van der Waals surface area contributed by atoms with Gasteiger partial charge in [0, 0.05) is 42.1 Å². The maximum Gasteiger partial charge on any atom is 0.473 e. The van der Waals surface area contributed by atoms with E-state index in [2.05, 4.69) is 10.3 Å². The van der Waals surface area contributed by atoms with Crippen LogP contribution in [0.5, 0.6) is 0 Å². The van der Waals surface area contributed by atoms with Gasteiger partial charge in [-0.15, -0.1) is 0 Å². The standard InChI is InChI=1S/C40H60FN4O14PSi/c1-22-17-26-25-10-9-23-18-24(46)11-13-37(23,5)39(25,41)28(47)19-38(26,6)40(22,52)29(48)21-56-60(53,54)58-31-27(20-55-35(51)43-15-14-42)57-33(45-16-12-30(49)44-34(45)50)32(31)59-61(7,8)36(2,3)4/h11-13,16,18,22,25-28,31-33,47,52H,9-10,14-15,17,19-21,42H2,1-8H3,(H,43,51)(H,53,54)(H,44,49,50)/t22-,25+,26+,27-,28+,31+,32?,33-,37+,38+,39+,40+/m1/s1. The second-order valence-corrected chi connectivity index (χ2v) is 25.3. The number of alkyl halides is 1. The number of rotatable bonds is 13. The van der Waals surface area contributed by atoms with E-state index in [1.54, 1.807) is 20.8 Å². The number of carbonyl (C=O) groups excluding carboxylic acids is 3. The lowest BCUT2D eigenvalue weighted by atomic mass is 9.44. The fraction of sp³-hybridized carbons (Fsp3) is 0.725. The van der Waals surface area contributed by atoms with E-state index in [0.29, 0.717) is 12.0 Å². The van der Waals surface area contributed by atoms with E-state index in [0.717, 1.165) is 16.8 Å². The molecule has 2 unspecified atom stereocenters. The first-order valence-electron chi connectivity index (χ1n) is 20.6. The third kappa shape index (κ3) is 8.03. The van der Waals surface area contributed by atoms with Gasteiger partial charge < -0.3 is 40.1 Å². The van der Waals surface area contributed by atoms with E-state index in [4.69, 9.17) is 28.7 Å². The summed E-state index contributed by atoms with van der Waals surface area (Å²) in [5.41, 5.74) is -2.69. The van der Waals surface area contributed by atoms with E-state index in [9.17, 15) is 43.6 Å². The van der Waals surface area contributed by atoms with Crippen LogP contribution in [0, 0.1) is 28.6 Å². The number of aliphatic hydroxyl groups is 2. The van der Waals surface area contributed by atoms with Crippen LogP contribution < -0.4 is 22.3 Å². The number of phosphoric ester groups is 1. The van der Waals surface area contributed by atoms with E-state index < -0.39 is 128 Å². The molecule has 0 radical (unpaired) electrons. The highest BCUT2D eigenvalue weighted by Crippen LogP contribution is 2.71. The first-order chi connectivity index (χ1) is 28.2. The maximum absolute atomic E-state index is 17.7. The minimum atomic E-state index is -5.35. The number of fused-ring (bicyclic) bond motifs is 5. The fourth-order valence-electron chi connectivity index (χ4n) is 10.4. The number of H-pyrrole nitrogens is 1. The number of alkyl carbamates (subject to hydrolysis) is 1. The Bertz CT molecular complexity index is 2140. The van der Waals surface area contributed by atoms with Gasteiger partial charge >= 0.3 is 19.6 Å². The van der Waals surface area contributed by atoms with Gasteiger partial charge in [-0.25, -0.2) is 18.5 Å². The number of hydrogen-bond acceptors (Lipinski definition) is 14. The van der Waals surface area contributed by atoms with Gasteiger partial charge in [-0.2, -0.15) is 0 Å². The number of hydrogen-bond donors (Lipinski definition) is 6. The second-order valence-electron chi connectivity index (χ2n) is 19.1. The molecule has 4 aliphatic carbocycles. The van der Waals surface area contributed by atoms with E-state index in [1.807, 2.05) is 33.9 Å². The summed E-state index contributed by atoms with van der Waals surface area (Å²) in [7, 11) is -8.22. The number of aromatic amines is 1.